The van der Waals surface area contributed by atoms with Crippen LogP contribution in [0.4, 0.5) is 0 Å². The Kier molecular flexibility index (Phi) is 10.0. The van der Waals surface area contributed by atoms with E-state index in [1.54, 1.807) is 0 Å². The lowest BCUT2D eigenvalue weighted by Gasteiger charge is -2.26. The molecule has 2 heterocycles. The summed E-state index contributed by atoms with van der Waals surface area (Å²) >= 11 is 6.31. The van der Waals surface area contributed by atoms with Gasteiger partial charge in [0.25, 0.3) is 0 Å². The molecule has 8 heteroatoms. The molecule has 0 saturated heterocycles. The SMILES string of the molecule is CCCCn1c(-c2ccccc2)nc(-c2ccc(Cl)cc2)c1CN(Cc1ccc(C(=O)OC)cc1)Cc1ccc2c(c1)OCCO2. The molecule has 46 heavy (non-hydrogen) atoms. The molecule has 0 bridgehead atoms. The van der Waals surface area contributed by atoms with Gasteiger partial charge in [-0.25, -0.2) is 9.78 Å². The van der Waals surface area contributed by atoms with E-state index >= 15 is 0 Å². The third-order valence-electron chi connectivity index (χ3n) is 8.12. The normalized spacial score (nSPS) is 12.3. The molecule has 4 aromatic carbocycles. The fourth-order valence-electron chi connectivity index (χ4n) is 5.80. The summed E-state index contributed by atoms with van der Waals surface area (Å²) < 4.78 is 19.0. The summed E-state index contributed by atoms with van der Waals surface area (Å²) in [5, 5.41) is 0.689. The number of rotatable bonds is 12. The van der Waals surface area contributed by atoms with Gasteiger partial charge in [0, 0.05) is 42.3 Å². The Labute approximate surface area is 275 Å². The minimum absolute atomic E-state index is 0.347. The zero-order chi connectivity index (χ0) is 31.9. The molecule has 5 aromatic rings. The molecule has 7 nitrogen and oxygen atoms in total. The van der Waals surface area contributed by atoms with Gasteiger partial charge in [-0.2, -0.15) is 0 Å². The van der Waals surface area contributed by atoms with Crippen molar-refractivity contribution in [1.29, 1.82) is 0 Å². The lowest BCUT2D eigenvalue weighted by molar-refractivity contribution is 0.0600. The van der Waals surface area contributed by atoms with Crippen LogP contribution in [-0.4, -0.2) is 40.7 Å². The molecule has 0 atom stereocenters. The summed E-state index contributed by atoms with van der Waals surface area (Å²) in [4.78, 5) is 19.8. The maximum atomic E-state index is 12.1. The van der Waals surface area contributed by atoms with Crippen LogP contribution < -0.4 is 9.47 Å². The Morgan fingerprint density at radius 1 is 0.848 bits per heavy atom. The number of esters is 1. The standard InChI is InChI=1S/C38H38ClN3O4/c1-3-4-20-42-33(36(29-15-17-32(39)18-16-29)40-37(42)30-8-6-5-7-9-30)26-41(24-27-10-13-31(14-11-27)38(43)44-2)25-28-12-19-34-35(23-28)46-22-21-45-34/h5-19,23H,3-4,20-22,24-26H2,1-2H3. The molecule has 0 unspecified atom stereocenters. The smallest absolute Gasteiger partial charge is 0.337 e. The van der Waals surface area contributed by atoms with Crippen molar-refractivity contribution in [3.63, 3.8) is 0 Å². The van der Waals surface area contributed by atoms with Crippen molar-refractivity contribution in [2.75, 3.05) is 20.3 Å². The minimum atomic E-state index is -0.347. The maximum absolute atomic E-state index is 12.1. The summed E-state index contributed by atoms with van der Waals surface area (Å²) in [5.74, 6) is 2.15. The molecule has 1 aliphatic heterocycles. The Morgan fingerprint density at radius 3 is 2.26 bits per heavy atom. The molecular formula is C38H38ClN3O4. The summed E-state index contributed by atoms with van der Waals surface area (Å²) in [7, 11) is 1.40. The average Bonchev–Trinajstić information content (AvgIpc) is 3.45. The monoisotopic (exact) mass is 635 g/mol. The van der Waals surface area contributed by atoms with Crippen molar-refractivity contribution in [2.45, 2.75) is 45.9 Å². The Balaban J connectivity index is 1.43. The Hall–Kier alpha value is -4.59. The van der Waals surface area contributed by atoms with Crippen LogP contribution in [0.5, 0.6) is 11.5 Å². The van der Waals surface area contributed by atoms with Gasteiger partial charge in [-0.15, -0.1) is 0 Å². The topological polar surface area (TPSA) is 65.8 Å². The molecule has 6 rings (SSSR count). The van der Waals surface area contributed by atoms with E-state index in [9.17, 15) is 4.79 Å². The van der Waals surface area contributed by atoms with E-state index in [1.807, 2.05) is 60.7 Å². The first kappa shape index (κ1) is 31.4. The number of methoxy groups -OCH3 is 1. The van der Waals surface area contributed by atoms with Gasteiger partial charge in [0.2, 0.25) is 0 Å². The van der Waals surface area contributed by atoms with E-state index in [4.69, 9.17) is 30.8 Å². The average molecular weight is 636 g/mol. The Bertz CT molecular complexity index is 1770. The number of ether oxygens (including phenoxy) is 3. The number of nitrogens with zero attached hydrogens (tertiary/aromatic N) is 3. The van der Waals surface area contributed by atoms with Gasteiger partial charge in [-0.1, -0.05) is 85.6 Å². The van der Waals surface area contributed by atoms with Crippen LogP contribution >= 0.6 is 11.6 Å². The summed E-state index contributed by atoms with van der Waals surface area (Å²) in [6.45, 7) is 6.10. The van der Waals surface area contributed by atoms with Gasteiger partial charge >= 0.3 is 5.97 Å². The number of aromatic nitrogens is 2. The van der Waals surface area contributed by atoms with Crippen LogP contribution in [0.2, 0.25) is 5.02 Å². The first-order valence-electron chi connectivity index (χ1n) is 15.7. The Morgan fingerprint density at radius 2 is 1.54 bits per heavy atom. The summed E-state index contributed by atoms with van der Waals surface area (Å²) in [6, 6.07) is 32.1. The van der Waals surface area contributed by atoms with E-state index in [1.165, 1.54) is 7.11 Å². The van der Waals surface area contributed by atoms with Crippen molar-refractivity contribution in [2.24, 2.45) is 0 Å². The molecule has 0 N–H and O–H groups in total. The second-order valence-electron chi connectivity index (χ2n) is 11.4. The molecule has 236 valence electrons. The number of fused-ring (bicyclic) bond motifs is 1. The number of hydrogen-bond acceptors (Lipinski definition) is 6. The molecule has 1 aromatic heterocycles. The van der Waals surface area contributed by atoms with Gasteiger partial charge in [0.1, 0.15) is 19.0 Å². The van der Waals surface area contributed by atoms with E-state index in [2.05, 4.69) is 52.8 Å². The highest BCUT2D eigenvalue weighted by molar-refractivity contribution is 6.30. The van der Waals surface area contributed by atoms with E-state index in [-0.39, 0.29) is 5.97 Å². The second kappa shape index (κ2) is 14.7. The molecular weight excluding hydrogens is 598 g/mol. The van der Waals surface area contributed by atoms with Gasteiger partial charge in [-0.3, -0.25) is 4.90 Å². The van der Waals surface area contributed by atoms with Crippen LogP contribution in [0.25, 0.3) is 22.6 Å². The number of benzene rings is 4. The van der Waals surface area contributed by atoms with Gasteiger partial charge in [-0.05, 0) is 53.9 Å². The number of carbonyl (C=O) groups excluding carboxylic acids is 1. The van der Waals surface area contributed by atoms with Crippen molar-refractivity contribution >= 4 is 17.6 Å². The van der Waals surface area contributed by atoms with Gasteiger partial charge in [0.05, 0.1) is 24.1 Å². The fourth-order valence-corrected chi connectivity index (χ4v) is 5.92. The molecule has 0 fully saturated rings. The zero-order valence-electron chi connectivity index (χ0n) is 26.2. The molecule has 0 saturated carbocycles. The summed E-state index contributed by atoms with van der Waals surface area (Å²) in [6.07, 6.45) is 2.09. The van der Waals surface area contributed by atoms with E-state index in [0.29, 0.717) is 43.4 Å². The first-order chi connectivity index (χ1) is 22.5. The number of carbonyl (C=O) groups is 1. The zero-order valence-corrected chi connectivity index (χ0v) is 27.0. The highest BCUT2D eigenvalue weighted by Crippen LogP contribution is 2.34. The highest BCUT2D eigenvalue weighted by Gasteiger charge is 2.23. The van der Waals surface area contributed by atoms with Gasteiger partial charge in [0.15, 0.2) is 11.5 Å². The first-order valence-corrected chi connectivity index (χ1v) is 16.1. The fraction of sp³-hybridized carbons (Fsp3) is 0.263. The van der Waals surface area contributed by atoms with Crippen LogP contribution in [0.1, 0.15) is 46.9 Å². The third-order valence-corrected chi connectivity index (χ3v) is 8.38. The summed E-state index contributed by atoms with van der Waals surface area (Å²) in [5.41, 5.74) is 6.91. The molecule has 0 amide bonds. The molecule has 0 radical (unpaired) electrons. The quantitative estimate of drug-likeness (QED) is 0.128. The highest BCUT2D eigenvalue weighted by atomic mass is 35.5. The predicted octanol–water partition coefficient (Wildman–Crippen LogP) is 8.43. The lowest BCUT2D eigenvalue weighted by Crippen LogP contribution is -2.25. The minimum Gasteiger partial charge on any atom is -0.486 e. The van der Waals surface area contributed by atoms with Crippen LogP contribution in [0, 0.1) is 0 Å². The van der Waals surface area contributed by atoms with E-state index in [0.717, 1.165) is 70.4 Å². The largest absolute Gasteiger partial charge is 0.486 e. The number of imidazole rings is 1. The van der Waals surface area contributed by atoms with Gasteiger partial charge < -0.3 is 18.8 Å². The second-order valence-corrected chi connectivity index (χ2v) is 11.9. The van der Waals surface area contributed by atoms with E-state index < -0.39 is 0 Å². The molecule has 0 aliphatic carbocycles. The molecule has 0 spiro atoms. The van der Waals surface area contributed by atoms with Crippen LogP contribution in [0.3, 0.4) is 0 Å². The predicted molar refractivity (Wildman–Crippen MR) is 181 cm³/mol. The van der Waals surface area contributed by atoms with Crippen molar-refractivity contribution in [1.82, 2.24) is 14.5 Å². The van der Waals surface area contributed by atoms with Crippen molar-refractivity contribution in [3.8, 4) is 34.1 Å². The van der Waals surface area contributed by atoms with Crippen LogP contribution in [-0.2, 0) is 30.9 Å². The number of hydrogen-bond donors (Lipinski definition) is 0. The number of unbranched alkanes of at least 4 members (excludes halogenated alkanes) is 1. The number of halogens is 1. The maximum Gasteiger partial charge on any atom is 0.337 e. The van der Waals surface area contributed by atoms with Crippen LogP contribution in [0.15, 0.2) is 97.1 Å². The third kappa shape index (κ3) is 7.27. The molecule has 1 aliphatic rings. The van der Waals surface area contributed by atoms with Crippen molar-refractivity contribution in [3.05, 3.63) is 124 Å². The lowest BCUT2D eigenvalue weighted by atomic mass is 10.1. The van der Waals surface area contributed by atoms with Crippen molar-refractivity contribution < 1.29 is 19.0 Å².